The molecule has 0 atom stereocenters. The van der Waals surface area contributed by atoms with Crippen molar-refractivity contribution in [3.05, 3.63) is 59.2 Å². The van der Waals surface area contributed by atoms with Gasteiger partial charge in [0.1, 0.15) is 6.54 Å². The Labute approximate surface area is 130 Å². The molecule has 3 rings (SSSR count). The van der Waals surface area contributed by atoms with Gasteiger partial charge >= 0.3 is 0 Å². The summed E-state index contributed by atoms with van der Waals surface area (Å²) in [7, 11) is 0. The van der Waals surface area contributed by atoms with Crippen LogP contribution in [0, 0.1) is 0 Å². The van der Waals surface area contributed by atoms with Gasteiger partial charge in [-0.1, -0.05) is 24.3 Å². The Kier molecular flexibility index (Phi) is 3.66. The van der Waals surface area contributed by atoms with Crippen molar-refractivity contribution >= 4 is 44.1 Å². The SMILES string of the molecule is Nc1cccc(NC(=O)Cn2cc(Br)c3ccccc32)c1. The predicted molar refractivity (Wildman–Crippen MR) is 89.1 cm³/mol. The Morgan fingerprint density at radius 3 is 2.81 bits per heavy atom. The highest BCUT2D eigenvalue weighted by atomic mass is 79.9. The lowest BCUT2D eigenvalue weighted by molar-refractivity contribution is -0.116. The number of rotatable bonds is 3. The topological polar surface area (TPSA) is 60.0 Å². The number of benzene rings is 2. The van der Waals surface area contributed by atoms with Crippen molar-refractivity contribution in [2.24, 2.45) is 0 Å². The second-order valence-corrected chi connectivity index (χ2v) is 5.65. The van der Waals surface area contributed by atoms with Gasteiger partial charge in [-0.25, -0.2) is 0 Å². The maximum atomic E-state index is 12.2. The highest BCUT2D eigenvalue weighted by Gasteiger charge is 2.09. The summed E-state index contributed by atoms with van der Waals surface area (Å²) in [6.07, 6.45) is 1.92. The minimum absolute atomic E-state index is 0.0890. The number of nitrogens with one attached hydrogen (secondary N) is 1. The van der Waals surface area contributed by atoms with Gasteiger partial charge in [0.05, 0.1) is 0 Å². The summed E-state index contributed by atoms with van der Waals surface area (Å²) in [5.41, 5.74) is 8.05. The van der Waals surface area contributed by atoms with Crippen molar-refractivity contribution in [1.82, 2.24) is 4.57 Å². The minimum atomic E-state index is -0.0890. The van der Waals surface area contributed by atoms with Crippen LogP contribution in [-0.2, 0) is 11.3 Å². The van der Waals surface area contributed by atoms with Crippen LogP contribution in [0.5, 0.6) is 0 Å². The first-order chi connectivity index (χ1) is 10.1. The van der Waals surface area contributed by atoms with Crippen LogP contribution in [0.15, 0.2) is 59.2 Å². The van der Waals surface area contributed by atoms with E-state index in [1.807, 2.05) is 47.2 Å². The molecule has 1 heterocycles. The molecule has 1 amide bonds. The van der Waals surface area contributed by atoms with Crippen molar-refractivity contribution in [2.45, 2.75) is 6.54 Å². The molecule has 0 aliphatic heterocycles. The highest BCUT2D eigenvalue weighted by molar-refractivity contribution is 9.10. The molecular weight excluding hydrogens is 330 g/mol. The summed E-state index contributed by atoms with van der Waals surface area (Å²) >= 11 is 3.51. The number of fused-ring (bicyclic) bond motifs is 1. The molecule has 3 aromatic rings. The van der Waals surface area contributed by atoms with E-state index in [2.05, 4.69) is 21.2 Å². The van der Waals surface area contributed by atoms with Gasteiger partial charge in [-0.2, -0.15) is 0 Å². The normalized spacial score (nSPS) is 10.7. The third-order valence-electron chi connectivity index (χ3n) is 3.22. The molecule has 0 saturated carbocycles. The van der Waals surface area contributed by atoms with E-state index >= 15 is 0 Å². The van der Waals surface area contributed by atoms with Crippen molar-refractivity contribution in [2.75, 3.05) is 11.1 Å². The summed E-state index contributed by atoms with van der Waals surface area (Å²) in [5, 5.41) is 3.94. The van der Waals surface area contributed by atoms with Crippen LogP contribution in [0.1, 0.15) is 0 Å². The van der Waals surface area contributed by atoms with E-state index in [0.717, 1.165) is 15.4 Å². The minimum Gasteiger partial charge on any atom is -0.399 e. The zero-order chi connectivity index (χ0) is 14.8. The van der Waals surface area contributed by atoms with Gasteiger partial charge in [-0.3, -0.25) is 4.79 Å². The molecule has 106 valence electrons. The molecule has 0 unspecified atom stereocenters. The number of hydrogen-bond donors (Lipinski definition) is 2. The predicted octanol–water partition coefficient (Wildman–Crippen LogP) is 3.62. The quantitative estimate of drug-likeness (QED) is 0.713. The van der Waals surface area contributed by atoms with Crippen molar-refractivity contribution in [1.29, 1.82) is 0 Å². The number of carbonyl (C=O) groups is 1. The van der Waals surface area contributed by atoms with E-state index in [0.29, 0.717) is 11.4 Å². The van der Waals surface area contributed by atoms with Gasteiger partial charge in [0.25, 0.3) is 0 Å². The second kappa shape index (κ2) is 5.61. The Morgan fingerprint density at radius 2 is 2.00 bits per heavy atom. The highest BCUT2D eigenvalue weighted by Crippen LogP contribution is 2.25. The van der Waals surface area contributed by atoms with E-state index in [1.165, 1.54) is 0 Å². The molecule has 2 aromatic carbocycles. The largest absolute Gasteiger partial charge is 0.399 e. The second-order valence-electron chi connectivity index (χ2n) is 4.80. The first kappa shape index (κ1) is 13.7. The maximum Gasteiger partial charge on any atom is 0.244 e. The molecule has 0 spiro atoms. The molecule has 0 aliphatic rings. The number of amides is 1. The molecule has 1 aromatic heterocycles. The number of nitrogens with two attached hydrogens (primary N) is 1. The average molecular weight is 344 g/mol. The lowest BCUT2D eigenvalue weighted by Gasteiger charge is -2.08. The molecule has 5 heteroatoms. The lowest BCUT2D eigenvalue weighted by atomic mass is 10.2. The summed E-state index contributed by atoms with van der Waals surface area (Å²) in [6, 6.07) is 15.1. The first-order valence-electron chi connectivity index (χ1n) is 6.52. The number of nitrogens with zero attached hydrogens (tertiary/aromatic N) is 1. The van der Waals surface area contributed by atoms with Crippen LogP contribution >= 0.6 is 15.9 Å². The summed E-state index contributed by atoms with van der Waals surface area (Å²) in [6.45, 7) is 0.251. The van der Waals surface area contributed by atoms with Gasteiger partial charge in [0, 0.05) is 32.9 Å². The molecule has 21 heavy (non-hydrogen) atoms. The first-order valence-corrected chi connectivity index (χ1v) is 7.31. The number of aromatic nitrogens is 1. The van der Waals surface area contributed by atoms with E-state index < -0.39 is 0 Å². The fourth-order valence-corrected chi connectivity index (χ4v) is 2.89. The Morgan fingerprint density at radius 1 is 1.19 bits per heavy atom. The van der Waals surface area contributed by atoms with Crippen molar-refractivity contribution in [3.63, 3.8) is 0 Å². The molecule has 0 bridgehead atoms. The van der Waals surface area contributed by atoms with Gasteiger partial charge in [0.2, 0.25) is 5.91 Å². The van der Waals surface area contributed by atoms with Crippen molar-refractivity contribution in [3.8, 4) is 0 Å². The van der Waals surface area contributed by atoms with Crippen LogP contribution in [0.4, 0.5) is 11.4 Å². The number of anilines is 2. The number of para-hydroxylation sites is 1. The van der Waals surface area contributed by atoms with Crippen LogP contribution < -0.4 is 11.1 Å². The molecular formula is C16H14BrN3O. The van der Waals surface area contributed by atoms with E-state index in [9.17, 15) is 4.79 Å². The molecule has 0 saturated heterocycles. The van der Waals surface area contributed by atoms with E-state index in [4.69, 9.17) is 5.73 Å². The standard InChI is InChI=1S/C16H14BrN3O/c17-14-9-20(15-7-2-1-6-13(14)15)10-16(21)19-12-5-3-4-11(18)8-12/h1-9H,10,18H2,(H,19,21). The fraction of sp³-hybridized carbons (Fsp3) is 0.0625. The average Bonchev–Trinajstić information content (AvgIpc) is 2.76. The zero-order valence-corrected chi connectivity index (χ0v) is 12.8. The molecule has 3 N–H and O–H groups in total. The van der Waals surface area contributed by atoms with Crippen LogP contribution in [0.25, 0.3) is 10.9 Å². The van der Waals surface area contributed by atoms with Gasteiger partial charge in [0.15, 0.2) is 0 Å². The molecule has 0 aliphatic carbocycles. The van der Waals surface area contributed by atoms with Crippen LogP contribution in [-0.4, -0.2) is 10.5 Å². The van der Waals surface area contributed by atoms with Crippen LogP contribution in [0.3, 0.4) is 0 Å². The lowest BCUT2D eigenvalue weighted by Crippen LogP contribution is -2.18. The molecule has 4 nitrogen and oxygen atoms in total. The molecule has 0 radical (unpaired) electrons. The van der Waals surface area contributed by atoms with Gasteiger partial charge in [-0.15, -0.1) is 0 Å². The third-order valence-corrected chi connectivity index (χ3v) is 3.86. The summed E-state index contributed by atoms with van der Waals surface area (Å²) in [4.78, 5) is 12.2. The number of carbonyl (C=O) groups excluding carboxylic acids is 1. The van der Waals surface area contributed by atoms with Gasteiger partial charge in [-0.05, 0) is 40.2 Å². The van der Waals surface area contributed by atoms with Gasteiger partial charge < -0.3 is 15.6 Å². The third kappa shape index (κ3) is 2.92. The number of hydrogen-bond acceptors (Lipinski definition) is 2. The Bertz CT molecular complexity index is 810. The van der Waals surface area contributed by atoms with E-state index in [-0.39, 0.29) is 12.5 Å². The summed E-state index contributed by atoms with van der Waals surface area (Å²) in [5.74, 6) is -0.0890. The van der Waals surface area contributed by atoms with E-state index in [1.54, 1.807) is 12.1 Å². The van der Waals surface area contributed by atoms with Crippen LogP contribution in [0.2, 0.25) is 0 Å². The molecule has 0 fully saturated rings. The zero-order valence-electron chi connectivity index (χ0n) is 11.2. The Hall–Kier alpha value is -2.27. The number of nitrogen functional groups attached to an aromatic ring is 1. The smallest absolute Gasteiger partial charge is 0.244 e. The number of halogens is 1. The monoisotopic (exact) mass is 343 g/mol. The van der Waals surface area contributed by atoms with Crippen molar-refractivity contribution < 1.29 is 4.79 Å². The summed E-state index contributed by atoms with van der Waals surface area (Å²) < 4.78 is 2.90. The fourth-order valence-electron chi connectivity index (χ4n) is 2.30. The maximum absolute atomic E-state index is 12.2. The Balaban J connectivity index is 1.80.